The quantitative estimate of drug-likeness (QED) is 0.256. The van der Waals surface area contributed by atoms with E-state index in [4.69, 9.17) is 4.18 Å². The normalized spacial score (nSPS) is 12.0. The van der Waals surface area contributed by atoms with Crippen LogP contribution >= 0.6 is 0 Å². The van der Waals surface area contributed by atoms with E-state index in [1.807, 2.05) is 26.0 Å². The number of rotatable bonds is 15. The van der Waals surface area contributed by atoms with E-state index in [0.717, 1.165) is 24.8 Å². The summed E-state index contributed by atoms with van der Waals surface area (Å²) in [5, 5.41) is 0. The van der Waals surface area contributed by atoms with Crippen LogP contribution in [0.3, 0.4) is 0 Å². The average Bonchev–Trinajstić information content (AvgIpc) is 2.62. The lowest BCUT2D eigenvalue weighted by Crippen LogP contribution is -2.13. The summed E-state index contributed by atoms with van der Waals surface area (Å²) in [6.07, 6.45) is 13.6. The lowest BCUT2D eigenvalue weighted by molar-refractivity contribution is 0.275. The summed E-state index contributed by atoms with van der Waals surface area (Å²) in [5.41, 5.74) is 0.885. The van der Waals surface area contributed by atoms with Crippen molar-refractivity contribution in [1.82, 2.24) is 0 Å². The molecule has 4 heteroatoms. The van der Waals surface area contributed by atoms with Crippen molar-refractivity contribution in [3.05, 3.63) is 29.8 Å². The van der Waals surface area contributed by atoms with Crippen LogP contribution in [0.4, 0.5) is 0 Å². The van der Waals surface area contributed by atoms with Gasteiger partial charge in [0.25, 0.3) is 10.1 Å². The van der Waals surface area contributed by atoms with Gasteiger partial charge in [-0.1, -0.05) is 96.8 Å². The van der Waals surface area contributed by atoms with E-state index < -0.39 is 10.1 Å². The third kappa shape index (κ3) is 9.72. The topological polar surface area (TPSA) is 43.4 Å². The molecule has 150 valence electrons. The minimum atomic E-state index is -3.65. The summed E-state index contributed by atoms with van der Waals surface area (Å²) in [5.74, 6) is 0.193. The molecule has 0 aliphatic rings. The highest BCUT2D eigenvalue weighted by Gasteiger charge is 2.19. The molecule has 26 heavy (non-hydrogen) atoms. The highest BCUT2D eigenvalue weighted by molar-refractivity contribution is 7.86. The van der Waals surface area contributed by atoms with Gasteiger partial charge in [0.2, 0.25) is 0 Å². The molecule has 0 bridgehead atoms. The van der Waals surface area contributed by atoms with Gasteiger partial charge in [-0.05, 0) is 30.4 Å². The summed E-state index contributed by atoms with van der Waals surface area (Å²) >= 11 is 0. The molecule has 0 heterocycles. The molecule has 0 saturated heterocycles. The molecule has 3 nitrogen and oxygen atoms in total. The van der Waals surface area contributed by atoms with Crippen molar-refractivity contribution >= 4 is 10.1 Å². The van der Waals surface area contributed by atoms with Gasteiger partial charge >= 0.3 is 0 Å². The number of hydrogen-bond donors (Lipinski definition) is 0. The lowest BCUT2D eigenvalue weighted by Gasteiger charge is -2.12. The Morgan fingerprint density at radius 1 is 0.846 bits per heavy atom. The molecule has 0 spiro atoms. The van der Waals surface area contributed by atoms with Crippen LogP contribution in [0, 0.1) is 5.92 Å². The van der Waals surface area contributed by atoms with E-state index in [1.54, 1.807) is 12.1 Å². The van der Waals surface area contributed by atoms with Crippen LogP contribution in [-0.4, -0.2) is 15.0 Å². The Morgan fingerprint density at radius 2 is 1.38 bits per heavy atom. The van der Waals surface area contributed by atoms with E-state index in [2.05, 4.69) is 6.92 Å². The fraction of sp³-hybridized carbons (Fsp3) is 0.727. The number of hydrogen-bond acceptors (Lipinski definition) is 3. The molecule has 0 N–H and O–H groups in total. The molecule has 0 aliphatic carbocycles. The van der Waals surface area contributed by atoms with E-state index >= 15 is 0 Å². The SMILES string of the molecule is CCCCCCCCCCCCc1ccccc1S(=O)(=O)OCC(C)C. The van der Waals surface area contributed by atoms with Gasteiger partial charge < -0.3 is 0 Å². The first-order chi connectivity index (χ1) is 12.5. The first kappa shape index (κ1) is 23.2. The van der Waals surface area contributed by atoms with Crippen molar-refractivity contribution in [2.24, 2.45) is 5.92 Å². The predicted molar refractivity (Wildman–Crippen MR) is 110 cm³/mol. The molecule has 1 aromatic carbocycles. The molecule has 0 radical (unpaired) electrons. The third-order valence-electron chi connectivity index (χ3n) is 4.60. The summed E-state index contributed by atoms with van der Waals surface area (Å²) in [4.78, 5) is 0.344. The maximum Gasteiger partial charge on any atom is 0.297 e. The second kappa shape index (κ2) is 13.3. The van der Waals surface area contributed by atoms with Crippen LogP contribution in [0.2, 0.25) is 0 Å². The predicted octanol–water partition coefficient (Wildman–Crippen LogP) is 6.51. The van der Waals surface area contributed by atoms with Gasteiger partial charge in [0.05, 0.1) is 11.5 Å². The van der Waals surface area contributed by atoms with Crippen molar-refractivity contribution in [2.75, 3.05) is 6.61 Å². The second-order valence-electron chi connectivity index (χ2n) is 7.67. The molecular weight excluding hydrogens is 344 g/mol. The average molecular weight is 383 g/mol. The minimum Gasteiger partial charge on any atom is -0.266 e. The van der Waals surface area contributed by atoms with Gasteiger partial charge in [-0.25, -0.2) is 0 Å². The molecule has 0 atom stereocenters. The highest BCUT2D eigenvalue weighted by Crippen LogP contribution is 2.21. The second-order valence-corrected chi connectivity index (χ2v) is 9.26. The molecule has 0 aromatic heterocycles. The Hall–Kier alpha value is -0.870. The number of aryl methyl sites for hydroxylation is 1. The molecule has 0 amide bonds. The van der Waals surface area contributed by atoms with Gasteiger partial charge in [0.15, 0.2) is 0 Å². The number of benzene rings is 1. The van der Waals surface area contributed by atoms with Crippen LogP contribution < -0.4 is 0 Å². The van der Waals surface area contributed by atoms with E-state index in [9.17, 15) is 8.42 Å². The van der Waals surface area contributed by atoms with E-state index in [1.165, 1.54) is 51.4 Å². The smallest absolute Gasteiger partial charge is 0.266 e. The highest BCUT2D eigenvalue weighted by atomic mass is 32.2. The first-order valence-corrected chi connectivity index (χ1v) is 11.9. The lowest BCUT2D eigenvalue weighted by atomic mass is 10.0. The largest absolute Gasteiger partial charge is 0.297 e. The zero-order valence-electron chi connectivity index (χ0n) is 17.0. The van der Waals surface area contributed by atoms with Crippen LogP contribution in [0.1, 0.15) is 90.5 Å². The van der Waals surface area contributed by atoms with Gasteiger partial charge in [-0.3, -0.25) is 4.18 Å². The Kier molecular flexibility index (Phi) is 11.9. The maximum atomic E-state index is 12.4. The Balaban J connectivity index is 2.33. The minimum absolute atomic E-state index is 0.193. The standard InChI is InChI=1S/C22H38O3S/c1-4-5-6-7-8-9-10-11-12-13-16-21-17-14-15-18-22(21)26(23,24)25-19-20(2)3/h14-15,17-18,20H,4-13,16,19H2,1-3H3. The maximum absolute atomic E-state index is 12.4. The summed E-state index contributed by atoms with van der Waals surface area (Å²) < 4.78 is 30.0. The molecular formula is C22H38O3S. The van der Waals surface area contributed by atoms with Crippen molar-refractivity contribution in [3.8, 4) is 0 Å². The van der Waals surface area contributed by atoms with Gasteiger partial charge in [-0.15, -0.1) is 0 Å². The van der Waals surface area contributed by atoms with Gasteiger partial charge in [0, 0.05) is 0 Å². The number of unbranched alkanes of at least 4 members (excludes halogenated alkanes) is 9. The van der Waals surface area contributed by atoms with Gasteiger partial charge in [0.1, 0.15) is 0 Å². The molecule has 0 unspecified atom stereocenters. The van der Waals surface area contributed by atoms with E-state index in [-0.39, 0.29) is 12.5 Å². The fourth-order valence-electron chi connectivity index (χ4n) is 3.05. The van der Waals surface area contributed by atoms with Crippen LogP contribution in [-0.2, 0) is 20.7 Å². The van der Waals surface area contributed by atoms with Crippen LogP contribution in [0.15, 0.2) is 29.2 Å². The molecule has 0 saturated carbocycles. The molecule has 0 aliphatic heterocycles. The van der Waals surface area contributed by atoms with Crippen molar-refractivity contribution in [1.29, 1.82) is 0 Å². The van der Waals surface area contributed by atoms with Crippen molar-refractivity contribution < 1.29 is 12.6 Å². The summed E-state index contributed by atoms with van der Waals surface area (Å²) in [6, 6.07) is 7.27. The zero-order valence-corrected chi connectivity index (χ0v) is 17.8. The Morgan fingerprint density at radius 3 is 1.96 bits per heavy atom. The van der Waals surface area contributed by atoms with Crippen LogP contribution in [0.5, 0.6) is 0 Å². The third-order valence-corrected chi connectivity index (χ3v) is 5.98. The van der Waals surface area contributed by atoms with Gasteiger partial charge in [-0.2, -0.15) is 8.42 Å². The molecule has 1 rings (SSSR count). The summed E-state index contributed by atoms with van der Waals surface area (Å²) in [6.45, 7) is 6.38. The van der Waals surface area contributed by atoms with Crippen molar-refractivity contribution in [2.45, 2.75) is 96.3 Å². The summed E-state index contributed by atoms with van der Waals surface area (Å²) in [7, 11) is -3.65. The van der Waals surface area contributed by atoms with E-state index in [0.29, 0.717) is 4.90 Å². The molecule has 0 fully saturated rings. The van der Waals surface area contributed by atoms with Crippen LogP contribution in [0.25, 0.3) is 0 Å². The Bertz CT molecular complexity index is 579. The first-order valence-electron chi connectivity index (χ1n) is 10.4. The monoisotopic (exact) mass is 382 g/mol. The zero-order chi connectivity index (χ0) is 19.3. The Labute approximate surface area is 161 Å². The fourth-order valence-corrected chi connectivity index (χ4v) is 4.36. The van der Waals surface area contributed by atoms with Crippen molar-refractivity contribution in [3.63, 3.8) is 0 Å². The molecule has 1 aromatic rings.